The van der Waals surface area contributed by atoms with Gasteiger partial charge in [-0.3, -0.25) is 9.05 Å². The second kappa shape index (κ2) is 10.8. The highest BCUT2D eigenvalue weighted by Crippen LogP contribution is 2.60. The van der Waals surface area contributed by atoms with E-state index in [1.807, 2.05) is 0 Å². The summed E-state index contributed by atoms with van der Waals surface area (Å²) in [5, 5.41) is 65.2. The van der Waals surface area contributed by atoms with Crippen molar-refractivity contribution in [3.8, 4) is 0 Å². The Balaban J connectivity index is 2.56. The van der Waals surface area contributed by atoms with Gasteiger partial charge >= 0.3 is 21.6 Å². The molecule has 0 radical (unpaired) electrons. The van der Waals surface area contributed by atoms with Crippen LogP contribution in [0.25, 0.3) is 0 Å². The summed E-state index contributed by atoms with van der Waals surface area (Å²) < 4.78 is 41.0. The van der Waals surface area contributed by atoms with Gasteiger partial charge in [-0.15, -0.1) is 0 Å². The van der Waals surface area contributed by atoms with Gasteiger partial charge in [-0.2, -0.15) is 4.31 Å². The molecule has 0 aromatic carbocycles. The van der Waals surface area contributed by atoms with Gasteiger partial charge in [0, 0.05) is 0 Å². The van der Waals surface area contributed by atoms with Crippen LogP contribution in [0.4, 0.5) is 0 Å². The van der Waals surface area contributed by atoms with Crippen LogP contribution < -0.4 is 0 Å². The first-order chi connectivity index (χ1) is 13.6. The lowest BCUT2D eigenvalue weighted by Gasteiger charge is -2.25. The van der Waals surface area contributed by atoms with Crippen molar-refractivity contribution in [2.75, 3.05) is 13.2 Å². The first kappa shape index (κ1) is 27.5. The van der Waals surface area contributed by atoms with Crippen molar-refractivity contribution in [1.82, 2.24) is 0 Å². The third-order valence-corrected chi connectivity index (χ3v) is 6.54. The molecule has 1 rings (SSSR count). The molecule has 0 saturated carbocycles. The van der Waals surface area contributed by atoms with E-state index in [0.717, 1.165) is 0 Å². The molecule has 0 spiro atoms. The highest BCUT2D eigenvalue weighted by molar-refractivity contribution is 7.61. The molecular weight excluding hydrogens is 462 g/mol. The molecule has 178 valence electrons. The normalized spacial score (nSPS) is 32.6. The summed E-state index contributed by atoms with van der Waals surface area (Å²) in [5.41, 5.74) is 0. The van der Waals surface area contributed by atoms with E-state index in [1.54, 1.807) is 0 Å². The number of phosphoric acid groups is 2. The molecular formula is C12H24O16P2. The van der Waals surface area contributed by atoms with Crippen LogP contribution in [0.1, 0.15) is 6.92 Å². The molecule has 10 atom stereocenters. The lowest BCUT2D eigenvalue weighted by Crippen LogP contribution is -2.48. The molecule has 1 fully saturated rings. The van der Waals surface area contributed by atoms with Crippen LogP contribution in [0.5, 0.6) is 0 Å². The van der Waals surface area contributed by atoms with E-state index in [9.17, 15) is 49.2 Å². The molecule has 0 aromatic rings. The fraction of sp³-hybridized carbons (Fsp3) is 0.917. The number of carbonyl (C=O) groups is 1. The zero-order valence-corrected chi connectivity index (χ0v) is 17.1. The van der Waals surface area contributed by atoms with E-state index < -0.39 is 83.7 Å². The van der Waals surface area contributed by atoms with Crippen LogP contribution >= 0.6 is 15.6 Å². The third kappa shape index (κ3) is 7.85. The smallest absolute Gasteiger partial charge is 0.479 e. The largest absolute Gasteiger partial charge is 0.481 e. The molecule has 1 heterocycles. The van der Waals surface area contributed by atoms with Gasteiger partial charge in [0.05, 0.1) is 19.3 Å². The summed E-state index contributed by atoms with van der Waals surface area (Å²) >= 11 is 0. The van der Waals surface area contributed by atoms with Gasteiger partial charge in [-0.25, -0.2) is 13.9 Å². The number of ether oxygens (including phenoxy) is 1. The Labute approximate surface area is 169 Å². The van der Waals surface area contributed by atoms with E-state index in [0.29, 0.717) is 0 Å². The van der Waals surface area contributed by atoms with Crippen molar-refractivity contribution < 1.29 is 77.6 Å². The molecule has 4 unspecified atom stereocenters. The number of phosphoric ester groups is 2. The van der Waals surface area contributed by atoms with Crippen LogP contribution in [0.15, 0.2) is 0 Å². The van der Waals surface area contributed by atoms with E-state index in [2.05, 4.69) is 13.4 Å². The van der Waals surface area contributed by atoms with Gasteiger partial charge in [0.1, 0.15) is 36.6 Å². The highest BCUT2D eigenvalue weighted by Gasteiger charge is 2.43. The monoisotopic (exact) mass is 486 g/mol. The zero-order valence-electron chi connectivity index (χ0n) is 15.3. The summed E-state index contributed by atoms with van der Waals surface area (Å²) in [4.78, 5) is 29.4. The number of hydrogen-bond acceptors (Lipinski definition) is 13. The predicted octanol–water partition coefficient (Wildman–Crippen LogP) is -3.73. The summed E-state index contributed by atoms with van der Waals surface area (Å²) in [5.74, 6) is -1.93. The Bertz CT molecular complexity index is 673. The van der Waals surface area contributed by atoms with Crippen LogP contribution in [0.3, 0.4) is 0 Å². The Kier molecular flexibility index (Phi) is 9.94. The molecule has 1 aliphatic heterocycles. The van der Waals surface area contributed by atoms with Crippen LogP contribution in [0.2, 0.25) is 0 Å². The van der Waals surface area contributed by atoms with E-state index in [1.165, 1.54) is 6.92 Å². The number of aliphatic carboxylic acids is 1. The van der Waals surface area contributed by atoms with Gasteiger partial charge < -0.3 is 50.3 Å². The van der Waals surface area contributed by atoms with Crippen molar-refractivity contribution in [2.24, 2.45) is 0 Å². The minimum absolute atomic E-state index is 0.817. The van der Waals surface area contributed by atoms with Crippen LogP contribution in [-0.2, 0) is 32.0 Å². The van der Waals surface area contributed by atoms with Crippen LogP contribution in [-0.4, -0.2) is 114 Å². The quantitative estimate of drug-likeness (QED) is 0.120. The third-order valence-electron chi connectivity index (χ3n) is 3.94. The Hall–Kier alpha value is -0.550. The van der Waals surface area contributed by atoms with Gasteiger partial charge in [0.2, 0.25) is 0 Å². The SMILES string of the molecule is CC1OC(COP(=O)(O)OP(=O)(O)OC[C@@H](O)[C@H](O)[C@@H](O)[C@@H](O)C(=O)O)[C@@H](O)[C@H]1O. The molecule has 18 heteroatoms. The number of rotatable bonds is 12. The maximum absolute atomic E-state index is 11.8. The fourth-order valence-electron chi connectivity index (χ4n) is 2.25. The highest BCUT2D eigenvalue weighted by atomic mass is 31.3. The molecule has 1 saturated heterocycles. The predicted molar refractivity (Wildman–Crippen MR) is 90.7 cm³/mol. The van der Waals surface area contributed by atoms with Crippen molar-refractivity contribution in [2.45, 2.75) is 55.8 Å². The standard InChI is InChI=1S/C12H24O16P2/c1-4-7(14)9(16)6(27-4)3-26-30(23,24)28-29(21,22)25-2-5(13)8(15)10(17)11(18)12(19)20/h4-11,13-18H,2-3H2,1H3,(H,19,20)(H,21,22)(H,23,24)/t4?,5-,6?,7+,8+,9-,10-,11-/m1/s1. The summed E-state index contributed by atoms with van der Waals surface area (Å²) in [6.07, 6.45) is -14.3. The molecule has 9 N–H and O–H groups in total. The minimum Gasteiger partial charge on any atom is -0.479 e. The number of carboxylic acids is 1. The molecule has 1 aliphatic rings. The first-order valence-corrected chi connectivity index (χ1v) is 11.2. The second-order valence-corrected chi connectivity index (χ2v) is 9.35. The molecule has 0 bridgehead atoms. The number of aliphatic hydroxyl groups is 6. The lowest BCUT2D eigenvalue weighted by atomic mass is 10.0. The molecule has 0 amide bonds. The Morgan fingerprint density at radius 1 is 1.00 bits per heavy atom. The maximum Gasteiger partial charge on any atom is 0.481 e. The van der Waals surface area contributed by atoms with Gasteiger partial charge in [0.15, 0.2) is 6.10 Å². The molecule has 16 nitrogen and oxygen atoms in total. The summed E-state index contributed by atoms with van der Waals surface area (Å²) in [6.45, 7) is -0.714. The fourth-order valence-corrected chi connectivity index (χ4v) is 4.34. The topological polar surface area (TPSA) is 270 Å². The molecule has 0 aromatic heterocycles. The van der Waals surface area contributed by atoms with Gasteiger partial charge in [-0.1, -0.05) is 0 Å². The average molecular weight is 486 g/mol. The van der Waals surface area contributed by atoms with Gasteiger partial charge in [0.25, 0.3) is 0 Å². The first-order valence-electron chi connectivity index (χ1n) is 8.20. The molecule has 0 aliphatic carbocycles. The summed E-state index contributed by atoms with van der Waals surface area (Å²) in [6, 6.07) is 0. The average Bonchev–Trinajstić information content (AvgIpc) is 2.88. The van der Waals surface area contributed by atoms with Crippen molar-refractivity contribution in [3.05, 3.63) is 0 Å². The number of aliphatic hydroxyl groups excluding tert-OH is 6. The lowest BCUT2D eigenvalue weighted by molar-refractivity contribution is -0.164. The summed E-state index contributed by atoms with van der Waals surface area (Å²) in [7, 11) is -10.7. The molecule has 30 heavy (non-hydrogen) atoms. The number of hydrogen-bond donors (Lipinski definition) is 9. The number of carboxylic acid groups (broad SMARTS) is 1. The van der Waals surface area contributed by atoms with E-state index in [4.69, 9.17) is 14.9 Å². The van der Waals surface area contributed by atoms with E-state index >= 15 is 0 Å². The van der Waals surface area contributed by atoms with E-state index in [-0.39, 0.29) is 0 Å². The van der Waals surface area contributed by atoms with Crippen molar-refractivity contribution >= 4 is 21.6 Å². The van der Waals surface area contributed by atoms with Crippen molar-refractivity contribution in [1.29, 1.82) is 0 Å². The van der Waals surface area contributed by atoms with Gasteiger partial charge in [-0.05, 0) is 6.92 Å². The Morgan fingerprint density at radius 3 is 2.00 bits per heavy atom. The van der Waals surface area contributed by atoms with Crippen LogP contribution in [0, 0.1) is 0 Å². The maximum atomic E-state index is 11.8. The van der Waals surface area contributed by atoms with Crippen molar-refractivity contribution in [3.63, 3.8) is 0 Å². The minimum atomic E-state index is -5.40. The zero-order chi connectivity index (χ0) is 23.4. The Morgan fingerprint density at radius 2 is 1.53 bits per heavy atom. The second-order valence-electron chi connectivity index (χ2n) is 6.30.